The molecule has 2 N–H and O–H groups in total. The van der Waals surface area contributed by atoms with Crippen LogP contribution in [-0.2, 0) is 11.2 Å². The fourth-order valence-corrected chi connectivity index (χ4v) is 3.73. The highest BCUT2D eigenvalue weighted by atomic mass is 35.5. The molecule has 5 heteroatoms. The average Bonchev–Trinajstić information content (AvgIpc) is 2.61. The van der Waals surface area contributed by atoms with Crippen molar-refractivity contribution >= 4 is 23.2 Å². The lowest BCUT2D eigenvalue weighted by molar-refractivity contribution is -0.905. The van der Waals surface area contributed by atoms with E-state index in [1.807, 2.05) is 0 Å². The molecule has 2 aromatic carbocycles. The van der Waals surface area contributed by atoms with E-state index in [0.29, 0.717) is 28.9 Å². The number of hydrogen-bond donors (Lipinski definition) is 2. The maximum atomic E-state index is 12.5. The van der Waals surface area contributed by atoms with Gasteiger partial charge in [-0.25, -0.2) is 0 Å². The van der Waals surface area contributed by atoms with Crippen LogP contribution in [0.2, 0.25) is 5.02 Å². The molecule has 0 spiro atoms. The minimum Gasteiger partial charge on any atom is -0.323 e. The van der Waals surface area contributed by atoms with Crippen LogP contribution in [0.5, 0.6) is 0 Å². The first-order valence-electron chi connectivity index (χ1n) is 8.48. The largest absolute Gasteiger partial charge is 0.323 e. The van der Waals surface area contributed by atoms with Gasteiger partial charge in [0.15, 0.2) is 6.54 Å². The van der Waals surface area contributed by atoms with Gasteiger partial charge in [0.25, 0.3) is 5.91 Å². The second-order valence-electron chi connectivity index (χ2n) is 6.52. The molecule has 4 nitrogen and oxygen atoms in total. The van der Waals surface area contributed by atoms with Gasteiger partial charge < -0.3 is 10.2 Å². The predicted octanol–water partition coefficient (Wildman–Crippen LogP) is 2.74. The monoisotopic (exact) mass is 354 g/mol. The molecule has 0 heterocycles. The lowest BCUT2D eigenvalue weighted by Crippen LogP contribution is -3.10. The number of quaternary nitrogens is 1. The lowest BCUT2D eigenvalue weighted by Gasteiger charge is -2.30. The number of anilines is 1. The summed E-state index contributed by atoms with van der Waals surface area (Å²) in [6.45, 7) is 0.344. The number of amides is 1. The molecule has 1 aliphatic carbocycles. The molecule has 0 aromatic heterocycles. The standard InChI is InChI=1S/C20H20ClN3O/c1-24(19-8-4-6-14-5-2-3-7-17(14)19)13-20(25)23-18-11-16(21)10-9-15(18)12-22/h2-3,5,7,9-11,19H,4,6,8,13H2,1H3,(H,23,25)/p+1/t19-/m0/s1. The summed E-state index contributed by atoms with van der Waals surface area (Å²) in [6, 6.07) is 15.8. The molecule has 1 amide bonds. The zero-order valence-electron chi connectivity index (χ0n) is 14.2. The van der Waals surface area contributed by atoms with Gasteiger partial charge in [-0.15, -0.1) is 0 Å². The lowest BCUT2D eigenvalue weighted by atomic mass is 9.87. The number of aryl methyl sites for hydroxylation is 1. The van der Waals surface area contributed by atoms with Crippen LogP contribution >= 0.6 is 11.6 Å². The second kappa shape index (κ2) is 7.69. The van der Waals surface area contributed by atoms with Crippen LogP contribution in [0, 0.1) is 11.3 Å². The van der Waals surface area contributed by atoms with Crippen LogP contribution in [-0.4, -0.2) is 19.5 Å². The van der Waals surface area contributed by atoms with Crippen LogP contribution in [0.4, 0.5) is 5.69 Å². The zero-order valence-corrected chi connectivity index (χ0v) is 14.9. The molecule has 0 saturated heterocycles. The van der Waals surface area contributed by atoms with Crippen molar-refractivity contribution in [3.8, 4) is 6.07 Å². The van der Waals surface area contributed by atoms with Gasteiger partial charge in [0.2, 0.25) is 0 Å². The van der Waals surface area contributed by atoms with Crippen molar-refractivity contribution in [3.05, 3.63) is 64.2 Å². The third-order valence-electron chi connectivity index (χ3n) is 4.78. The zero-order chi connectivity index (χ0) is 17.8. The number of fused-ring (bicyclic) bond motifs is 1. The maximum absolute atomic E-state index is 12.5. The molecule has 1 unspecified atom stereocenters. The van der Waals surface area contributed by atoms with Gasteiger partial charge in [-0.05, 0) is 36.6 Å². The molecule has 25 heavy (non-hydrogen) atoms. The fourth-order valence-electron chi connectivity index (χ4n) is 3.55. The maximum Gasteiger partial charge on any atom is 0.279 e. The van der Waals surface area contributed by atoms with E-state index in [9.17, 15) is 4.79 Å². The first-order valence-corrected chi connectivity index (χ1v) is 8.86. The number of rotatable bonds is 4. The Balaban J connectivity index is 1.70. The van der Waals surface area contributed by atoms with Crippen LogP contribution in [0.25, 0.3) is 0 Å². The van der Waals surface area contributed by atoms with E-state index < -0.39 is 0 Å². The van der Waals surface area contributed by atoms with Gasteiger partial charge in [-0.3, -0.25) is 4.79 Å². The van der Waals surface area contributed by atoms with Gasteiger partial charge >= 0.3 is 0 Å². The van der Waals surface area contributed by atoms with E-state index in [2.05, 4.69) is 42.7 Å². The van der Waals surface area contributed by atoms with Gasteiger partial charge in [0.1, 0.15) is 12.1 Å². The average molecular weight is 355 g/mol. The molecule has 3 rings (SSSR count). The molecule has 0 radical (unpaired) electrons. The molecule has 0 fully saturated rings. The Morgan fingerprint density at radius 2 is 2.16 bits per heavy atom. The molecular weight excluding hydrogens is 334 g/mol. The van der Waals surface area contributed by atoms with Crippen molar-refractivity contribution in [1.29, 1.82) is 5.26 Å². The smallest absolute Gasteiger partial charge is 0.279 e. The number of halogens is 1. The van der Waals surface area contributed by atoms with Crippen molar-refractivity contribution in [1.82, 2.24) is 0 Å². The number of nitriles is 1. The Hall–Kier alpha value is -2.35. The van der Waals surface area contributed by atoms with E-state index >= 15 is 0 Å². The summed E-state index contributed by atoms with van der Waals surface area (Å²) in [5.74, 6) is -0.112. The number of nitrogens with one attached hydrogen (secondary N) is 2. The Morgan fingerprint density at radius 3 is 2.96 bits per heavy atom. The summed E-state index contributed by atoms with van der Waals surface area (Å²) in [6.07, 6.45) is 3.34. The Morgan fingerprint density at radius 1 is 1.36 bits per heavy atom. The normalized spacial score (nSPS) is 17.2. The van der Waals surface area contributed by atoms with E-state index in [4.69, 9.17) is 16.9 Å². The molecule has 128 valence electrons. The molecular formula is C20H21ClN3O+. The topological polar surface area (TPSA) is 57.3 Å². The molecule has 0 saturated carbocycles. The van der Waals surface area contributed by atoms with Crippen molar-refractivity contribution < 1.29 is 9.69 Å². The Kier molecular flexibility index (Phi) is 5.37. The molecule has 1 aliphatic rings. The minimum atomic E-state index is -0.112. The van der Waals surface area contributed by atoms with E-state index in [1.165, 1.54) is 11.1 Å². The van der Waals surface area contributed by atoms with Crippen LogP contribution < -0.4 is 10.2 Å². The SMILES string of the molecule is C[NH+](CC(=O)Nc1cc(Cl)ccc1C#N)[C@H]1CCCc2ccccc21. The summed E-state index contributed by atoms with van der Waals surface area (Å²) < 4.78 is 0. The number of nitrogens with zero attached hydrogens (tertiary/aromatic N) is 1. The summed E-state index contributed by atoms with van der Waals surface area (Å²) in [5.41, 5.74) is 3.62. The van der Waals surface area contributed by atoms with E-state index in [0.717, 1.165) is 24.2 Å². The molecule has 0 aliphatic heterocycles. The van der Waals surface area contributed by atoms with Crippen LogP contribution in [0.15, 0.2) is 42.5 Å². The minimum absolute atomic E-state index is 0.112. The van der Waals surface area contributed by atoms with Crippen LogP contribution in [0.3, 0.4) is 0 Å². The highest BCUT2D eigenvalue weighted by Gasteiger charge is 2.28. The van der Waals surface area contributed by atoms with Crippen molar-refractivity contribution in [3.63, 3.8) is 0 Å². The van der Waals surface area contributed by atoms with Crippen molar-refractivity contribution in [2.24, 2.45) is 0 Å². The first kappa shape index (κ1) is 17.5. The predicted molar refractivity (Wildman–Crippen MR) is 98.7 cm³/mol. The highest BCUT2D eigenvalue weighted by molar-refractivity contribution is 6.31. The van der Waals surface area contributed by atoms with Gasteiger partial charge in [0.05, 0.1) is 18.3 Å². The van der Waals surface area contributed by atoms with Crippen molar-refractivity contribution in [2.45, 2.75) is 25.3 Å². The molecule has 2 atom stereocenters. The highest BCUT2D eigenvalue weighted by Crippen LogP contribution is 2.27. The number of hydrogen-bond acceptors (Lipinski definition) is 2. The first-order chi connectivity index (χ1) is 12.1. The number of carbonyl (C=O) groups is 1. The van der Waals surface area contributed by atoms with Crippen molar-refractivity contribution in [2.75, 3.05) is 18.9 Å². The van der Waals surface area contributed by atoms with Gasteiger partial charge in [0, 0.05) is 17.0 Å². The molecule has 0 bridgehead atoms. The third kappa shape index (κ3) is 4.01. The fraction of sp³-hybridized carbons (Fsp3) is 0.300. The Labute approximate surface area is 153 Å². The summed E-state index contributed by atoms with van der Waals surface area (Å²) in [4.78, 5) is 13.6. The van der Waals surface area contributed by atoms with Crippen LogP contribution in [0.1, 0.15) is 35.6 Å². The summed E-state index contributed by atoms with van der Waals surface area (Å²) in [5, 5.41) is 12.5. The quantitative estimate of drug-likeness (QED) is 0.887. The number of carbonyl (C=O) groups excluding carboxylic acids is 1. The van der Waals surface area contributed by atoms with Gasteiger partial charge in [-0.2, -0.15) is 5.26 Å². The Bertz CT molecular complexity index is 828. The summed E-state index contributed by atoms with van der Waals surface area (Å²) in [7, 11) is 2.05. The number of benzene rings is 2. The number of likely N-dealkylation sites (N-methyl/N-ethyl adjacent to an activating group) is 1. The second-order valence-corrected chi connectivity index (χ2v) is 6.95. The molecule has 2 aromatic rings. The summed E-state index contributed by atoms with van der Waals surface area (Å²) >= 11 is 5.98. The van der Waals surface area contributed by atoms with E-state index in [-0.39, 0.29) is 5.91 Å². The van der Waals surface area contributed by atoms with E-state index in [1.54, 1.807) is 18.2 Å². The van der Waals surface area contributed by atoms with Gasteiger partial charge in [-0.1, -0.05) is 35.9 Å². The third-order valence-corrected chi connectivity index (χ3v) is 5.01.